The van der Waals surface area contributed by atoms with E-state index >= 15 is 0 Å². The summed E-state index contributed by atoms with van der Waals surface area (Å²) in [7, 11) is 1.64. The molecule has 0 aliphatic carbocycles. The van der Waals surface area contributed by atoms with E-state index in [0.717, 1.165) is 0 Å². The van der Waals surface area contributed by atoms with Gasteiger partial charge in [0.1, 0.15) is 11.2 Å². The minimum Gasteiger partial charge on any atom is -0.397 e. The van der Waals surface area contributed by atoms with Crippen molar-refractivity contribution in [3.63, 3.8) is 0 Å². The fourth-order valence-electron chi connectivity index (χ4n) is 1.39. The monoisotopic (exact) mass is 243 g/mol. The van der Waals surface area contributed by atoms with Gasteiger partial charge in [0.15, 0.2) is 0 Å². The highest BCUT2D eigenvalue weighted by Crippen LogP contribution is 2.10. The van der Waals surface area contributed by atoms with Crippen molar-refractivity contribution in [2.45, 2.75) is 5.54 Å². The predicted molar refractivity (Wildman–Crippen MR) is 61.3 cm³/mol. The molecule has 0 bridgehead atoms. The Hall–Kier alpha value is -1.57. The fraction of sp³-hybridized carbons (Fsp3) is 0.500. The molecule has 1 rings (SSSR count). The van der Waals surface area contributed by atoms with Crippen molar-refractivity contribution in [2.75, 3.05) is 25.6 Å². The van der Waals surface area contributed by atoms with Crippen molar-refractivity contribution in [1.29, 1.82) is 0 Å². The van der Waals surface area contributed by atoms with E-state index in [1.165, 1.54) is 10.6 Å². The maximum Gasteiger partial charge on any atom is 0.268 e. The van der Waals surface area contributed by atoms with Gasteiger partial charge in [0.2, 0.25) is 0 Å². The summed E-state index contributed by atoms with van der Waals surface area (Å²) < 4.78 is 1.52. The topological polar surface area (TPSA) is 121 Å². The van der Waals surface area contributed by atoms with Gasteiger partial charge >= 0.3 is 0 Å². The first-order chi connectivity index (χ1) is 7.98. The summed E-state index contributed by atoms with van der Waals surface area (Å²) in [6.45, 7) is -1.69. The third-order valence-corrected chi connectivity index (χ3v) is 2.55. The minimum atomic E-state index is -1.43. The molecule has 1 heterocycles. The molecule has 0 aliphatic rings. The van der Waals surface area contributed by atoms with E-state index < -0.39 is 31.3 Å². The van der Waals surface area contributed by atoms with Crippen LogP contribution in [0.5, 0.6) is 0 Å². The Bertz CT molecular complexity index is 390. The molecular formula is C10H17N3O4. The Labute approximate surface area is 98.5 Å². The summed E-state index contributed by atoms with van der Waals surface area (Å²) in [5.41, 5.74) is 4.81. The number of nitrogens with zero attached hydrogens (tertiary/aromatic N) is 1. The van der Waals surface area contributed by atoms with Gasteiger partial charge in [-0.25, -0.2) is 0 Å². The van der Waals surface area contributed by atoms with Gasteiger partial charge in [0.05, 0.1) is 25.5 Å². The number of carbonyl (C=O) groups excluding carboxylic acids is 1. The molecule has 0 radical (unpaired) electrons. The van der Waals surface area contributed by atoms with Crippen LogP contribution < -0.4 is 11.1 Å². The number of rotatable bonds is 5. The maximum absolute atomic E-state index is 11.9. The zero-order valence-corrected chi connectivity index (χ0v) is 9.55. The van der Waals surface area contributed by atoms with Crippen molar-refractivity contribution in [2.24, 2.45) is 7.05 Å². The van der Waals surface area contributed by atoms with Gasteiger partial charge in [-0.1, -0.05) is 0 Å². The van der Waals surface area contributed by atoms with Crippen LogP contribution in [-0.2, 0) is 7.05 Å². The van der Waals surface area contributed by atoms with Gasteiger partial charge < -0.3 is 30.9 Å². The summed E-state index contributed by atoms with van der Waals surface area (Å²) in [5.74, 6) is -0.527. The highest BCUT2D eigenvalue weighted by atomic mass is 16.3. The van der Waals surface area contributed by atoms with Gasteiger partial charge in [0, 0.05) is 13.2 Å². The number of aryl methyl sites for hydroxylation is 1. The molecule has 1 amide bonds. The normalized spacial score (nSPS) is 11.5. The number of nitrogens with one attached hydrogen (secondary N) is 1. The maximum atomic E-state index is 11.9. The van der Waals surface area contributed by atoms with Crippen LogP contribution in [0.4, 0.5) is 5.69 Å². The molecule has 0 aromatic carbocycles. The van der Waals surface area contributed by atoms with E-state index in [1.807, 2.05) is 0 Å². The molecule has 0 fully saturated rings. The van der Waals surface area contributed by atoms with Gasteiger partial charge in [0.25, 0.3) is 5.91 Å². The molecule has 1 aromatic rings. The average Bonchev–Trinajstić information content (AvgIpc) is 2.65. The number of amides is 1. The second-order valence-electron chi connectivity index (χ2n) is 3.98. The molecule has 7 nitrogen and oxygen atoms in total. The summed E-state index contributed by atoms with van der Waals surface area (Å²) in [4.78, 5) is 11.9. The standard InChI is InChI=1S/C10H17N3O4/c1-13-3-7(11)2-8(13)9(17)12-10(4-14,5-15)6-16/h2-3,14-16H,4-6,11H2,1H3,(H,12,17). The molecule has 0 atom stereocenters. The van der Waals surface area contributed by atoms with Gasteiger partial charge in [-0.15, -0.1) is 0 Å². The third kappa shape index (κ3) is 2.76. The largest absolute Gasteiger partial charge is 0.397 e. The molecule has 1 aromatic heterocycles. The summed E-state index contributed by atoms with van der Waals surface area (Å²) in [6, 6.07) is 1.46. The highest BCUT2D eigenvalue weighted by molar-refractivity contribution is 5.94. The van der Waals surface area contributed by atoms with Crippen molar-refractivity contribution in [3.8, 4) is 0 Å². The molecular weight excluding hydrogens is 226 g/mol. The van der Waals surface area contributed by atoms with Crippen LogP contribution in [0.1, 0.15) is 10.5 Å². The van der Waals surface area contributed by atoms with Crippen LogP contribution in [0.15, 0.2) is 12.3 Å². The Morgan fingerprint density at radius 1 is 1.41 bits per heavy atom. The number of aliphatic hydroxyl groups is 3. The predicted octanol–water partition coefficient (Wildman–Crippen LogP) is -1.95. The first-order valence-corrected chi connectivity index (χ1v) is 5.05. The number of nitrogens with two attached hydrogens (primary N) is 1. The van der Waals surface area contributed by atoms with E-state index in [1.54, 1.807) is 13.2 Å². The Morgan fingerprint density at radius 3 is 2.29 bits per heavy atom. The highest BCUT2D eigenvalue weighted by Gasteiger charge is 2.31. The Balaban J connectivity index is 2.88. The van der Waals surface area contributed by atoms with Crippen molar-refractivity contribution >= 4 is 11.6 Å². The summed E-state index contributed by atoms with van der Waals surface area (Å²) in [6.07, 6.45) is 1.56. The quantitative estimate of drug-likeness (QED) is 0.412. The first kappa shape index (κ1) is 13.5. The smallest absolute Gasteiger partial charge is 0.268 e. The van der Waals surface area contributed by atoms with Crippen LogP contribution in [0.2, 0.25) is 0 Å². The van der Waals surface area contributed by atoms with E-state index in [-0.39, 0.29) is 5.69 Å². The van der Waals surface area contributed by atoms with Crippen molar-refractivity contribution < 1.29 is 20.1 Å². The average molecular weight is 243 g/mol. The number of aromatic nitrogens is 1. The molecule has 96 valence electrons. The van der Waals surface area contributed by atoms with Crippen LogP contribution in [0, 0.1) is 0 Å². The molecule has 0 saturated carbocycles. The summed E-state index contributed by atoms with van der Waals surface area (Å²) in [5, 5.41) is 29.6. The zero-order chi connectivity index (χ0) is 13.1. The van der Waals surface area contributed by atoms with Crippen LogP contribution in [0.3, 0.4) is 0 Å². The lowest BCUT2D eigenvalue weighted by atomic mass is 10.0. The lowest BCUT2D eigenvalue weighted by Gasteiger charge is -2.28. The number of hydrogen-bond acceptors (Lipinski definition) is 5. The van der Waals surface area contributed by atoms with Crippen LogP contribution in [-0.4, -0.2) is 51.2 Å². The lowest BCUT2D eigenvalue weighted by Crippen LogP contribution is -2.57. The number of aliphatic hydroxyl groups excluding tert-OH is 3. The SMILES string of the molecule is Cn1cc(N)cc1C(=O)NC(CO)(CO)CO. The zero-order valence-electron chi connectivity index (χ0n) is 9.55. The molecule has 17 heavy (non-hydrogen) atoms. The van der Waals surface area contributed by atoms with Crippen molar-refractivity contribution in [1.82, 2.24) is 9.88 Å². The van der Waals surface area contributed by atoms with Gasteiger partial charge in [-0.05, 0) is 6.07 Å². The molecule has 6 N–H and O–H groups in total. The second kappa shape index (κ2) is 5.17. The molecule has 0 saturated heterocycles. The summed E-state index contributed by atoms with van der Waals surface area (Å²) >= 11 is 0. The molecule has 0 spiro atoms. The van der Waals surface area contributed by atoms with E-state index in [9.17, 15) is 4.79 Å². The number of nitrogen functional groups attached to an aromatic ring is 1. The first-order valence-electron chi connectivity index (χ1n) is 5.05. The second-order valence-corrected chi connectivity index (χ2v) is 3.98. The number of carbonyl (C=O) groups is 1. The lowest BCUT2D eigenvalue weighted by molar-refractivity contribution is 0.0371. The van der Waals surface area contributed by atoms with Crippen LogP contribution >= 0.6 is 0 Å². The van der Waals surface area contributed by atoms with Gasteiger partial charge in [-0.3, -0.25) is 4.79 Å². The molecule has 7 heteroatoms. The Kier molecular flexibility index (Phi) is 4.11. The number of hydrogen-bond donors (Lipinski definition) is 5. The van der Waals surface area contributed by atoms with E-state index in [2.05, 4.69) is 5.32 Å². The van der Waals surface area contributed by atoms with E-state index in [0.29, 0.717) is 5.69 Å². The minimum absolute atomic E-state index is 0.280. The molecule has 0 unspecified atom stereocenters. The van der Waals surface area contributed by atoms with Crippen molar-refractivity contribution in [3.05, 3.63) is 18.0 Å². The Morgan fingerprint density at radius 2 is 1.94 bits per heavy atom. The van der Waals surface area contributed by atoms with Gasteiger partial charge in [-0.2, -0.15) is 0 Å². The number of anilines is 1. The van der Waals surface area contributed by atoms with Crippen LogP contribution in [0.25, 0.3) is 0 Å². The fourth-order valence-corrected chi connectivity index (χ4v) is 1.39. The van der Waals surface area contributed by atoms with E-state index in [4.69, 9.17) is 21.1 Å². The third-order valence-electron chi connectivity index (χ3n) is 2.55. The molecule has 0 aliphatic heterocycles.